The Morgan fingerprint density at radius 3 is 2.55 bits per heavy atom. The fraction of sp³-hybridized carbons (Fsp3) is 0.611. The fourth-order valence-corrected chi connectivity index (χ4v) is 3.03. The third-order valence-electron chi connectivity index (χ3n) is 4.07. The van der Waals surface area contributed by atoms with E-state index in [1.165, 1.54) is 19.3 Å². The van der Waals surface area contributed by atoms with Gasteiger partial charge in [-0.25, -0.2) is 0 Å². The molecule has 1 fully saturated rings. The van der Waals surface area contributed by atoms with Crippen molar-refractivity contribution in [2.45, 2.75) is 65.4 Å². The molecule has 1 aliphatic carbocycles. The highest BCUT2D eigenvalue weighted by atomic mass is 16.5. The Hall–Kier alpha value is -1.31. The molecule has 1 aromatic carbocycles. The van der Waals surface area contributed by atoms with Crippen molar-refractivity contribution in [1.29, 1.82) is 0 Å². The molecule has 0 atom stereocenters. The number of carbonyl (C=O) groups is 1. The van der Waals surface area contributed by atoms with Crippen LogP contribution in [0.5, 0.6) is 5.75 Å². The molecule has 1 aliphatic rings. The molecule has 0 amide bonds. The quantitative estimate of drug-likeness (QED) is 0.721. The molecular weight excluding hydrogens is 248 g/mol. The predicted molar refractivity (Wildman–Crippen MR) is 82.5 cm³/mol. The van der Waals surface area contributed by atoms with Crippen molar-refractivity contribution >= 4 is 5.78 Å². The summed E-state index contributed by atoms with van der Waals surface area (Å²) >= 11 is 0. The Labute approximate surface area is 122 Å². The van der Waals surface area contributed by atoms with Crippen LogP contribution < -0.4 is 4.74 Å². The van der Waals surface area contributed by atoms with E-state index in [0.717, 1.165) is 36.1 Å². The minimum absolute atomic E-state index is 0.166. The molecule has 0 bridgehead atoms. The number of rotatable bonds is 5. The molecule has 20 heavy (non-hydrogen) atoms. The average molecular weight is 274 g/mol. The van der Waals surface area contributed by atoms with E-state index in [9.17, 15) is 4.79 Å². The zero-order chi connectivity index (χ0) is 14.5. The molecule has 0 N–H and O–H groups in total. The molecule has 0 aliphatic heterocycles. The van der Waals surface area contributed by atoms with Gasteiger partial charge in [0.25, 0.3) is 0 Å². The number of benzene rings is 1. The topological polar surface area (TPSA) is 26.3 Å². The van der Waals surface area contributed by atoms with E-state index in [1.54, 1.807) is 0 Å². The normalized spacial score (nSPS) is 16.4. The molecule has 0 aromatic heterocycles. The first-order chi connectivity index (χ1) is 9.61. The molecule has 0 saturated heterocycles. The summed E-state index contributed by atoms with van der Waals surface area (Å²) in [6.45, 7) is 6.14. The van der Waals surface area contributed by atoms with E-state index in [-0.39, 0.29) is 12.0 Å². The Bertz CT molecular complexity index is 456. The third-order valence-corrected chi connectivity index (χ3v) is 4.07. The molecule has 0 spiro atoms. The van der Waals surface area contributed by atoms with Crippen LogP contribution in [-0.4, -0.2) is 11.9 Å². The Kier molecular flexibility index (Phi) is 5.22. The lowest BCUT2D eigenvalue weighted by molar-refractivity contribution is 0.0888. The molecule has 1 saturated carbocycles. The molecule has 110 valence electrons. The van der Waals surface area contributed by atoms with Gasteiger partial charge in [-0.2, -0.15) is 0 Å². The van der Waals surface area contributed by atoms with Crippen molar-refractivity contribution in [2.24, 2.45) is 5.92 Å². The van der Waals surface area contributed by atoms with E-state index in [4.69, 9.17) is 4.74 Å². The Morgan fingerprint density at radius 1 is 1.25 bits per heavy atom. The highest BCUT2D eigenvalue weighted by molar-refractivity contribution is 5.99. The lowest BCUT2D eigenvalue weighted by Crippen LogP contribution is -2.19. The first kappa shape index (κ1) is 15.1. The second-order valence-electron chi connectivity index (χ2n) is 6.04. The summed E-state index contributed by atoms with van der Waals surface area (Å²) in [6, 6.07) is 5.94. The Morgan fingerprint density at radius 2 is 1.95 bits per heavy atom. The van der Waals surface area contributed by atoms with Crippen LogP contribution >= 0.6 is 0 Å². The van der Waals surface area contributed by atoms with Gasteiger partial charge in [-0.3, -0.25) is 4.79 Å². The zero-order valence-electron chi connectivity index (χ0n) is 12.9. The van der Waals surface area contributed by atoms with Gasteiger partial charge in [0.15, 0.2) is 5.78 Å². The minimum atomic E-state index is 0.166. The van der Waals surface area contributed by atoms with Gasteiger partial charge in [0.05, 0.1) is 6.10 Å². The van der Waals surface area contributed by atoms with Crippen LogP contribution in [0.15, 0.2) is 18.2 Å². The van der Waals surface area contributed by atoms with Crippen LogP contribution in [0.2, 0.25) is 0 Å². The molecule has 2 rings (SSSR count). The smallest absolute Gasteiger partial charge is 0.166 e. The van der Waals surface area contributed by atoms with Gasteiger partial charge in [-0.05, 0) is 56.9 Å². The van der Waals surface area contributed by atoms with Crippen molar-refractivity contribution in [1.82, 2.24) is 0 Å². The predicted octanol–water partition coefficient (Wildman–Crippen LogP) is 4.80. The van der Waals surface area contributed by atoms with Gasteiger partial charge in [0, 0.05) is 11.5 Å². The summed E-state index contributed by atoms with van der Waals surface area (Å²) in [4.78, 5) is 12.7. The third kappa shape index (κ3) is 3.62. The van der Waals surface area contributed by atoms with Crippen molar-refractivity contribution < 1.29 is 9.53 Å². The standard InChI is InChI=1S/C18H26O2/c1-4-14-12-16(20-13(2)3)10-11-17(14)18(19)15-8-6-5-7-9-15/h10-13,15H,4-9H2,1-3H3. The van der Waals surface area contributed by atoms with E-state index in [1.807, 2.05) is 32.0 Å². The van der Waals surface area contributed by atoms with Crippen LogP contribution in [0.3, 0.4) is 0 Å². The van der Waals surface area contributed by atoms with Crippen LogP contribution in [-0.2, 0) is 6.42 Å². The summed E-state index contributed by atoms with van der Waals surface area (Å²) in [5.74, 6) is 1.46. The zero-order valence-corrected chi connectivity index (χ0v) is 12.9. The van der Waals surface area contributed by atoms with Crippen LogP contribution in [0, 0.1) is 5.92 Å². The summed E-state index contributed by atoms with van der Waals surface area (Å²) < 4.78 is 5.73. The molecule has 2 nitrogen and oxygen atoms in total. The maximum Gasteiger partial charge on any atom is 0.166 e. The number of hydrogen-bond donors (Lipinski definition) is 0. The molecule has 0 heterocycles. The van der Waals surface area contributed by atoms with Crippen LogP contribution in [0.25, 0.3) is 0 Å². The average Bonchev–Trinajstić information content (AvgIpc) is 2.46. The highest BCUT2D eigenvalue weighted by Gasteiger charge is 2.24. The number of Topliss-reactive ketones (excluding diaryl/α,β-unsaturated/α-hetero) is 1. The molecule has 2 heteroatoms. The lowest BCUT2D eigenvalue weighted by Gasteiger charge is -2.22. The largest absolute Gasteiger partial charge is 0.491 e. The van der Waals surface area contributed by atoms with Crippen molar-refractivity contribution in [3.8, 4) is 5.75 Å². The highest BCUT2D eigenvalue weighted by Crippen LogP contribution is 2.29. The summed E-state index contributed by atoms with van der Waals surface area (Å²) in [5.41, 5.74) is 2.04. The van der Waals surface area contributed by atoms with E-state index >= 15 is 0 Å². The summed E-state index contributed by atoms with van der Waals surface area (Å²) in [5, 5.41) is 0. The molecular formula is C18H26O2. The van der Waals surface area contributed by atoms with Gasteiger partial charge in [-0.15, -0.1) is 0 Å². The van der Waals surface area contributed by atoms with Crippen molar-refractivity contribution in [3.05, 3.63) is 29.3 Å². The first-order valence-electron chi connectivity index (χ1n) is 7.95. The number of aryl methyl sites for hydroxylation is 1. The first-order valence-corrected chi connectivity index (χ1v) is 7.95. The van der Waals surface area contributed by atoms with E-state index < -0.39 is 0 Å². The summed E-state index contributed by atoms with van der Waals surface area (Å²) in [7, 11) is 0. The van der Waals surface area contributed by atoms with Gasteiger partial charge < -0.3 is 4.74 Å². The number of ether oxygens (including phenoxy) is 1. The van der Waals surface area contributed by atoms with Gasteiger partial charge in [0.2, 0.25) is 0 Å². The molecule has 1 aromatic rings. The van der Waals surface area contributed by atoms with E-state index in [0.29, 0.717) is 5.78 Å². The lowest BCUT2D eigenvalue weighted by atomic mass is 9.82. The van der Waals surface area contributed by atoms with Gasteiger partial charge in [0.1, 0.15) is 5.75 Å². The number of ketones is 1. The number of hydrogen-bond acceptors (Lipinski definition) is 2. The monoisotopic (exact) mass is 274 g/mol. The summed E-state index contributed by atoms with van der Waals surface area (Å²) in [6.07, 6.45) is 6.85. The maximum atomic E-state index is 12.7. The SMILES string of the molecule is CCc1cc(OC(C)C)ccc1C(=O)C1CCCCC1. The number of carbonyl (C=O) groups excluding carboxylic acids is 1. The minimum Gasteiger partial charge on any atom is -0.491 e. The van der Waals surface area contributed by atoms with Crippen LogP contribution in [0.1, 0.15) is 68.8 Å². The Balaban J connectivity index is 2.19. The van der Waals surface area contributed by atoms with Crippen molar-refractivity contribution in [2.75, 3.05) is 0 Å². The van der Waals surface area contributed by atoms with E-state index in [2.05, 4.69) is 6.92 Å². The second-order valence-corrected chi connectivity index (χ2v) is 6.04. The molecule has 0 radical (unpaired) electrons. The molecule has 0 unspecified atom stereocenters. The van der Waals surface area contributed by atoms with Crippen LogP contribution in [0.4, 0.5) is 0 Å². The van der Waals surface area contributed by atoms with Gasteiger partial charge in [-0.1, -0.05) is 26.2 Å². The van der Waals surface area contributed by atoms with Crippen molar-refractivity contribution in [3.63, 3.8) is 0 Å². The second kappa shape index (κ2) is 6.92. The maximum absolute atomic E-state index is 12.7. The fourth-order valence-electron chi connectivity index (χ4n) is 3.03. The van der Waals surface area contributed by atoms with Gasteiger partial charge >= 0.3 is 0 Å².